The molecule has 0 amide bonds. The molecule has 0 aromatic rings. The second-order valence-corrected chi connectivity index (χ2v) is 12.7. The van der Waals surface area contributed by atoms with E-state index >= 15 is 0 Å². The summed E-state index contributed by atoms with van der Waals surface area (Å²) in [6.07, 6.45) is 19.8. The van der Waals surface area contributed by atoms with Crippen molar-refractivity contribution in [2.45, 2.75) is 97.2 Å². The van der Waals surface area contributed by atoms with Gasteiger partial charge >= 0.3 is 0 Å². The van der Waals surface area contributed by atoms with Gasteiger partial charge in [-0.3, -0.25) is 4.99 Å². The van der Waals surface area contributed by atoms with Gasteiger partial charge in [0.15, 0.2) is 0 Å². The maximum absolute atomic E-state index is 6.83. The molecule has 2 aliphatic heterocycles. The fraction of sp³-hybridized carbons (Fsp3) is 0.618. The monoisotopic (exact) mass is 499 g/mol. The Morgan fingerprint density at radius 2 is 2.03 bits per heavy atom. The van der Waals surface area contributed by atoms with Crippen LogP contribution in [0.5, 0.6) is 0 Å². The topological polar surface area (TPSA) is 50.4 Å². The lowest BCUT2D eigenvalue weighted by atomic mass is 9.73. The molecule has 200 valence electrons. The fourth-order valence-corrected chi connectivity index (χ4v) is 8.09. The number of allylic oxidation sites excluding steroid dienone is 5. The molecule has 9 atom stereocenters. The summed E-state index contributed by atoms with van der Waals surface area (Å²) in [4.78, 5) is 5.26. The SMILES string of the molecule is C=C(C(N)C1=CCC(C2=CC(CC)=NC3C2C3[C@@]2(C)NC(CC)=CC2C(=C)C)CC1)C1CCC=C[C@H]1C. The highest BCUT2D eigenvalue weighted by molar-refractivity contribution is 5.97. The van der Waals surface area contributed by atoms with Gasteiger partial charge in [0.1, 0.15) is 0 Å². The van der Waals surface area contributed by atoms with E-state index in [-0.39, 0.29) is 11.6 Å². The zero-order valence-electron chi connectivity index (χ0n) is 23.9. The van der Waals surface area contributed by atoms with Crippen LogP contribution in [0.15, 0.2) is 76.5 Å². The van der Waals surface area contributed by atoms with Gasteiger partial charge in [0.2, 0.25) is 0 Å². The molecule has 5 aliphatic rings. The number of hydrogen-bond acceptors (Lipinski definition) is 3. The van der Waals surface area contributed by atoms with Gasteiger partial charge in [0, 0.05) is 40.7 Å². The lowest BCUT2D eigenvalue weighted by Gasteiger charge is -2.35. The zero-order valence-corrected chi connectivity index (χ0v) is 23.9. The van der Waals surface area contributed by atoms with Crippen LogP contribution in [-0.4, -0.2) is 23.3 Å². The molecule has 37 heavy (non-hydrogen) atoms. The maximum Gasteiger partial charge on any atom is 0.0629 e. The molecular weight excluding hydrogens is 450 g/mol. The highest BCUT2D eigenvalue weighted by Gasteiger charge is 2.65. The molecule has 0 saturated heterocycles. The number of aliphatic imine (C=N–C) groups is 1. The molecule has 0 aromatic carbocycles. The molecule has 0 bridgehead atoms. The number of rotatable bonds is 8. The smallest absolute Gasteiger partial charge is 0.0629 e. The molecular formula is C34H49N3. The fourth-order valence-electron chi connectivity index (χ4n) is 8.09. The molecule has 3 heteroatoms. The number of nitrogens with one attached hydrogen (secondary N) is 1. The van der Waals surface area contributed by atoms with Crippen molar-refractivity contribution in [3.05, 3.63) is 71.5 Å². The van der Waals surface area contributed by atoms with Crippen molar-refractivity contribution < 1.29 is 0 Å². The zero-order chi connectivity index (χ0) is 26.5. The molecule has 0 aromatic heterocycles. The Labute approximate surface area is 225 Å². The van der Waals surface area contributed by atoms with Crippen LogP contribution >= 0.6 is 0 Å². The van der Waals surface area contributed by atoms with E-state index in [1.54, 1.807) is 5.57 Å². The maximum atomic E-state index is 6.83. The second-order valence-electron chi connectivity index (χ2n) is 12.7. The summed E-state index contributed by atoms with van der Waals surface area (Å²) < 4.78 is 0. The summed E-state index contributed by atoms with van der Waals surface area (Å²) >= 11 is 0. The number of nitrogens with zero attached hydrogens (tertiary/aromatic N) is 1. The molecule has 0 spiro atoms. The Balaban J connectivity index is 1.32. The highest BCUT2D eigenvalue weighted by Crippen LogP contribution is 2.61. The van der Waals surface area contributed by atoms with Gasteiger partial charge in [-0.15, -0.1) is 0 Å². The van der Waals surface area contributed by atoms with Crippen molar-refractivity contribution in [2.75, 3.05) is 0 Å². The first-order chi connectivity index (χ1) is 17.7. The van der Waals surface area contributed by atoms with Gasteiger partial charge in [-0.1, -0.05) is 80.5 Å². The summed E-state index contributed by atoms with van der Waals surface area (Å²) in [6, 6.07) is 0.415. The first-order valence-electron chi connectivity index (χ1n) is 14.9. The third kappa shape index (κ3) is 4.67. The standard InChI is InChI=1S/C34H49N3/c1-8-25-18-28(30-31(33(30)36-25)34(7)29(20(3)4)19-26(9-2)37-34)23-14-16-24(17-15-23)32(35)22(6)27-13-11-10-12-21(27)5/h10,12,16,18-19,21,23,27,29-33,37H,3,6,8-9,11,13-15,17,35H2,1-2,4-5,7H3/t21-,23?,27?,29?,30?,31?,32?,33?,34+/m1/s1. The van der Waals surface area contributed by atoms with Crippen molar-refractivity contribution in [1.82, 2.24) is 5.32 Å². The van der Waals surface area contributed by atoms with Crippen LogP contribution in [0, 0.1) is 35.5 Å². The Morgan fingerprint density at radius 3 is 2.65 bits per heavy atom. The average Bonchev–Trinajstić information content (AvgIpc) is 3.54. The van der Waals surface area contributed by atoms with Gasteiger partial charge in [-0.05, 0) is 82.6 Å². The van der Waals surface area contributed by atoms with Crippen LogP contribution < -0.4 is 11.1 Å². The van der Waals surface area contributed by atoms with E-state index < -0.39 is 0 Å². The molecule has 2 heterocycles. The molecule has 1 saturated carbocycles. The van der Waals surface area contributed by atoms with E-state index in [1.165, 1.54) is 41.0 Å². The van der Waals surface area contributed by atoms with E-state index in [2.05, 4.69) is 83.5 Å². The van der Waals surface area contributed by atoms with Crippen molar-refractivity contribution in [2.24, 2.45) is 46.2 Å². The van der Waals surface area contributed by atoms with Gasteiger partial charge in [0.05, 0.1) is 6.04 Å². The molecule has 3 nitrogen and oxygen atoms in total. The number of nitrogens with two attached hydrogens (primary N) is 1. The summed E-state index contributed by atoms with van der Waals surface area (Å²) in [7, 11) is 0. The van der Waals surface area contributed by atoms with Gasteiger partial charge in [-0.25, -0.2) is 0 Å². The predicted molar refractivity (Wildman–Crippen MR) is 158 cm³/mol. The summed E-state index contributed by atoms with van der Waals surface area (Å²) in [5, 5.41) is 3.95. The van der Waals surface area contributed by atoms with Crippen LogP contribution in [-0.2, 0) is 0 Å². The van der Waals surface area contributed by atoms with Gasteiger partial charge < -0.3 is 11.1 Å². The van der Waals surface area contributed by atoms with E-state index in [1.807, 2.05) is 0 Å². The molecule has 5 rings (SSSR count). The quantitative estimate of drug-likeness (QED) is 0.341. The van der Waals surface area contributed by atoms with Crippen molar-refractivity contribution in [3.63, 3.8) is 0 Å². The van der Waals surface area contributed by atoms with Crippen LogP contribution in [0.3, 0.4) is 0 Å². The molecule has 0 radical (unpaired) electrons. The first-order valence-corrected chi connectivity index (χ1v) is 14.9. The van der Waals surface area contributed by atoms with Crippen molar-refractivity contribution in [3.8, 4) is 0 Å². The Morgan fingerprint density at radius 1 is 1.24 bits per heavy atom. The lowest BCUT2D eigenvalue weighted by Crippen LogP contribution is -2.46. The van der Waals surface area contributed by atoms with Crippen molar-refractivity contribution in [1.29, 1.82) is 0 Å². The molecule has 7 unspecified atom stereocenters. The van der Waals surface area contributed by atoms with E-state index in [4.69, 9.17) is 10.7 Å². The Hall–Kier alpha value is -2.13. The third-order valence-electron chi connectivity index (χ3n) is 10.3. The predicted octanol–water partition coefficient (Wildman–Crippen LogP) is 7.45. The number of hydrogen-bond donors (Lipinski definition) is 2. The van der Waals surface area contributed by atoms with Gasteiger partial charge in [0.25, 0.3) is 0 Å². The van der Waals surface area contributed by atoms with E-state index in [9.17, 15) is 0 Å². The summed E-state index contributed by atoms with van der Waals surface area (Å²) in [5.74, 6) is 3.11. The van der Waals surface area contributed by atoms with Gasteiger partial charge in [-0.2, -0.15) is 0 Å². The van der Waals surface area contributed by atoms with Crippen LogP contribution in [0.1, 0.15) is 79.6 Å². The van der Waals surface area contributed by atoms with Crippen LogP contribution in [0.4, 0.5) is 0 Å². The van der Waals surface area contributed by atoms with Crippen LogP contribution in [0.2, 0.25) is 0 Å². The van der Waals surface area contributed by atoms with E-state index in [0.717, 1.165) is 32.1 Å². The normalized spacial score (nSPS) is 39.5. The highest BCUT2D eigenvalue weighted by atomic mass is 15.1. The first kappa shape index (κ1) is 26.5. The molecule has 3 aliphatic carbocycles. The molecule has 3 N–H and O–H groups in total. The minimum atomic E-state index is -0.000804. The Kier molecular flexibility index (Phi) is 7.31. The van der Waals surface area contributed by atoms with E-state index in [0.29, 0.717) is 41.5 Å². The lowest BCUT2D eigenvalue weighted by molar-refractivity contribution is 0.289. The summed E-state index contributed by atoms with van der Waals surface area (Å²) in [5.41, 5.74) is 15.1. The molecule has 1 fully saturated rings. The number of dihydropyridines is 1. The van der Waals surface area contributed by atoms with Crippen molar-refractivity contribution >= 4 is 5.71 Å². The third-order valence-corrected chi connectivity index (χ3v) is 10.3. The number of fused-ring (bicyclic) bond motifs is 1. The largest absolute Gasteiger partial charge is 0.382 e. The van der Waals surface area contributed by atoms with Crippen LogP contribution in [0.25, 0.3) is 0 Å². The second kappa shape index (κ2) is 10.2. The minimum Gasteiger partial charge on any atom is -0.382 e. The Bertz CT molecular complexity index is 1100. The minimum absolute atomic E-state index is 0.000804. The average molecular weight is 500 g/mol. The summed E-state index contributed by atoms with van der Waals surface area (Å²) in [6.45, 7) is 20.3.